The van der Waals surface area contributed by atoms with Gasteiger partial charge in [0.15, 0.2) is 0 Å². The van der Waals surface area contributed by atoms with Gasteiger partial charge in [0.25, 0.3) is 5.91 Å². The highest BCUT2D eigenvalue weighted by molar-refractivity contribution is 5.95. The monoisotopic (exact) mass is 443 g/mol. The average molecular weight is 444 g/mol. The van der Waals surface area contributed by atoms with E-state index in [-0.39, 0.29) is 11.2 Å². The molecule has 5 nitrogen and oxygen atoms in total. The van der Waals surface area contributed by atoms with Crippen molar-refractivity contribution in [2.45, 2.75) is 52.2 Å². The number of hydroxylamine groups is 1. The Morgan fingerprint density at radius 1 is 1.28 bits per heavy atom. The highest BCUT2D eigenvalue weighted by atomic mass is 19.1. The number of allylic oxidation sites excluding steroid dienone is 2. The summed E-state index contributed by atoms with van der Waals surface area (Å²) in [6, 6.07) is 4.96. The molecule has 1 saturated heterocycles. The maximum atomic E-state index is 14.2. The van der Waals surface area contributed by atoms with Crippen molar-refractivity contribution in [2.24, 2.45) is 5.41 Å². The number of hydrogen-bond donors (Lipinski definition) is 2. The van der Waals surface area contributed by atoms with Gasteiger partial charge >= 0.3 is 0 Å². The largest absolute Gasteiger partial charge is 0.343 e. The van der Waals surface area contributed by atoms with Crippen LogP contribution in [0, 0.1) is 18.2 Å². The van der Waals surface area contributed by atoms with E-state index in [1.165, 1.54) is 6.07 Å². The van der Waals surface area contributed by atoms with Crippen molar-refractivity contribution >= 4 is 16.8 Å². The predicted octanol–water partition coefficient (Wildman–Crippen LogP) is 4.46. The summed E-state index contributed by atoms with van der Waals surface area (Å²) in [5, 5.41) is 9.78. The Labute approximate surface area is 187 Å². The lowest BCUT2D eigenvalue weighted by Crippen LogP contribution is -2.36. The van der Waals surface area contributed by atoms with Crippen LogP contribution in [0.25, 0.3) is 10.9 Å². The van der Waals surface area contributed by atoms with E-state index in [0.29, 0.717) is 31.3 Å². The summed E-state index contributed by atoms with van der Waals surface area (Å²) in [6.07, 6.45) is 7.42. The van der Waals surface area contributed by atoms with Gasteiger partial charge in [-0.05, 0) is 61.8 Å². The number of hydrogen-bond acceptors (Lipinski definition) is 3. The minimum absolute atomic E-state index is 0.224. The second kappa shape index (κ2) is 9.16. The van der Waals surface area contributed by atoms with E-state index in [1.807, 2.05) is 18.2 Å². The van der Waals surface area contributed by atoms with Gasteiger partial charge in [0.05, 0.1) is 0 Å². The van der Waals surface area contributed by atoms with Crippen LogP contribution in [0.15, 0.2) is 42.0 Å². The molecular weight excluding hydrogens is 412 g/mol. The summed E-state index contributed by atoms with van der Waals surface area (Å²) in [6.45, 7) is 7.37. The summed E-state index contributed by atoms with van der Waals surface area (Å²) in [7, 11) is 0. The molecule has 1 aliphatic heterocycles. The number of piperidine rings is 1. The highest BCUT2D eigenvalue weighted by Crippen LogP contribution is 2.38. The van der Waals surface area contributed by atoms with E-state index in [0.717, 1.165) is 48.3 Å². The molecule has 0 bridgehead atoms. The minimum Gasteiger partial charge on any atom is -0.343 e. The molecule has 2 heterocycles. The van der Waals surface area contributed by atoms with E-state index < -0.39 is 12.1 Å². The number of halogens is 2. The lowest BCUT2D eigenvalue weighted by molar-refractivity contribution is -0.124. The Kier molecular flexibility index (Phi) is 6.49. The fraction of sp³-hybridized carbons (Fsp3) is 0.480. The van der Waals surface area contributed by atoms with Gasteiger partial charge in [-0.3, -0.25) is 10.0 Å². The first-order chi connectivity index (χ1) is 15.3. The van der Waals surface area contributed by atoms with Crippen LogP contribution in [0.1, 0.15) is 37.4 Å². The summed E-state index contributed by atoms with van der Waals surface area (Å²) < 4.78 is 29.9. The molecule has 1 atom stereocenters. The molecule has 1 amide bonds. The lowest BCUT2D eigenvalue weighted by Gasteiger charge is -2.29. The van der Waals surface area contributed by atoms with E-state index >= 15 is 0 Å². The smallest absolute Gasteiger partial charge is 0.274 e. The zero-order valence-corrected chi connectivity index (χ0v) is 18.7. The Morgan fingerprint density at radius 2 is 2.03 bits per heavy atom. The Hall–Kier alpha value is -2.51. The summed E-state index contributed by atoms with van der Waals surface area (Å²) in [5.74, 6) is -0.776. The maximum absolute atomic E-state index is 14.2. The number of nitrogens with zero attached hydrogens (tertiary/aromatic N) is 2. The number of aromatic nitrogens is 1. The first-order valence-corrected chi connectivity index (χ1v) is 11.3. The maximum Gasteiger partial charge on any atom is 0.274 e. The molecule has 32 heavy (non-hydrogen) atoms. The Balaban J connectivity index is 1.59. The number of fused-ring (bicyclic) bond motifs is 1. The average Bonchev–Trinajstić information content (AvgIpc) is 3.03. The second-order valence-electron chi connectivity index (χ2n) is 9.36. The van der Waals surface area contributed by atoms with Crippen LogP contribution >= 0.6 is 0 Å². The van der Waals surface area contributed by atoms with Crippen molar-refractivity contribution in [3.8, 4) is 0 Å². The van der Waals surface area contributed by atoms with Crippen LogP contribution in [0.3, 0.4) is 0 Å². The Morgan fingerprint density at radius 3 is 2.69 bits per heavy atom. The quantitative estimate of drug-likeness (QED) is 0.512. The normalized spacial score (nSPS) is 22.3. The molecule has 1 aromatic heterocycles. The fourth-order valence-electron chi connectivity index (χ4n) is 4.94. The number of benzene rings is 1. The molecule has 2 aromatic rings. The van der Waals surface area contributed by atoms with Crippen molar-refractivity contribution in [3.05, 3.63) is 59.1 Å². The van der Waals surface area contributed by atoms with Crippen molar-refractivity contribution < 1.29 is 18.8 Å². The molecule has 1 fully saturated rings. The van der Waals surface area contributed by atoms with Crippen LogP contribution in [0.2, 0.25) is 0 Å². The molecule has 0 radical (unpaired) electrons. The first-order valence-electron chi connectivity index (χ1n) is 11.3. The highest BCUT2D eigenvalue weighted by Gasteiger charge is 2.28. The summed E-state index contributed by atoms with van der Waals surface area (Å²) >= 11 is 0. The summed E-state index contributed by atoms with van der Waals surface area (Å²) in [5.41, 5.74) is 5.12. The van der Waals surface area contributed by atoms with Crippen LogP contribution in [0.5, 0.6) is 0 Å². The van der Waals surface area contributed by atoms with Crippen molar-refractivity contribution in [3.63, 3.8) is 0 Å². The number of alkyl halides is 1. The molecule has 172 valence electrons. The number of carbonyl (C=O) groups excluding carboxylic acids is 1. The third-order valence-electron chi connectivity index (χ3n) is 6.97. The molecule has 1 aromatic carbocycles. The SMILES string of the molecule is Cc1c(CC2(C)C=CC(C(=O)NO)=CC2)c2cc(F)ccc2n1CCN1CCC(F)CC1. The standard InChI is InChI=1S/C25H31F2N3O2/c1-17-22(16-25(2)9-5-18(6-10-25)24(31)28-32)21-15-20(27)3-4-23(21)30(17)14-13-29-11-7-19(26)8-12-29/h3-6,9,15,19,32H,7-8,10-14,16H2,1-2H3,(H,28,31). The van der Waals surface area contributed by atoms with Crippen molar-refractivity contribution in [1.82, 2.24) is 14.9 Å². The first kappa shape index (κ1) is 22.7. The fourth-order valence-corrected chi connectivity index (χ4v) is 4.94. The Bertz CT molecular complexity index is 1070. The molecule has 2 aliphatic rings. The number of nitrogens with one attached hydrogen (secondary N) is 1. The van der Waals surface area contributed by atoms with Gasteiger partial charge in [-0.15, -0.1) is 0 Å². The molecule has 0 saturated carbocycles. The predicted molar refractivity (Wildman–Crippen MR) is 121 cm³/mol. The summed E-state index contributed by atoms with van der Waals surface area (Å²) in [4.78, 5) is 14.0. The van der Waals surface area contributed by atoms with Gasteiger partial charge in [0.1, 0.15) is 12.0 Å². The lowest BCUT2D eigenvalue weighted by atomic mass is 9.76. The van der Waals surface area contributed by atoms with Gasteiger partial charge in [0.2, 0.25) is 0 Å². The third-order valence-corrected chi connectivity index (χ3v) is 6.97. The number of rotatable bonds is 6. The van der Waals surface area contributed by atoms with E-state index in [9.17, 15) is 13.6 Å². The van der Waals surface area contributed by atoms with Crippen LogP contribution in [-0.2, 0) is 17.8 Å². The van der Waals surface area contributed by atoms with Gasteiger partial charge in [-0.1, -0.05) is 25.2 Å². The molecular formula is C25H31F2N3O2. The topological polar surface area (TPSA) is 57.5 Å². The molecule has 1 unspecified atom stereocenters. The molecule has 1 aliphatic carbocycles. The van der Waals surface area contributed by atoms with Crippen molar-refractivity contribution in [2.75, 3.05) is 19.6 Å². The van der Waals surface area contributed by atoms with E-state index in [1.54, 1.807) is 17.6 Å². The van der Waals surface area contributed by atoms with Gasteiger partial charge in [-0.25, -0.2) is 14.3 Å². The number of amides is 1. The van der Waals surface area contributed by atoms with Crippen LogP contribution in [0.4, 0.5) is 8.78 Å². The molecule has 7 heteroatoms. The van der Waals surface area contributed by atoms with Crippen LogP contribution in [-0.4, -0.2) is 46.4 Å². The van der Waals surface area contributed by atoms with Gasteiger partial charge in [0, 0.05) is 48.3 Å². The third kappa shape index (κ3) is 4.64. The minimum atomic E-state index is -0.683. The molecule has 2 N–H and O–H groups in total. The second-order valence-corrected chi connectivity index (χ2v) is 9.36. The van der Waals surface area contributed by atoms with Crippen LogP contribution < -0.4 is 5.48 Å². The zero-order chi connectivity index (χ0) is 22.9. The molecule has 4 rings (SSSR count). The number of likely N-dealkylation sites (tertiary alicyclic amines) is 1. The molecule has 0 spiro atoms. The van der Waals surface area contributed by atoms with Crippen molar-refractivity contribution in [1.29, 1.82) is 0 Å². The zero-order valence-electron chi connectivity index (χ0n) is 18.7. The van der Waals surface area contributed by atoms with E-state index in [4.69, 9.17) is 5.21 Å². The van der Waals surface area contributed by atoms with Gasteiger partial charge < -0.3 is 9.47 Å². The number of carbonyl (C=O) groups is 1. The van der Waals surface area contributed by atoms with E-state index in [2.05, 4.69) is 23.3 Å². The van der Waals surface area contributed by atoms with Gasteiger partial charge in [-0.2, -0.15) is 0 Å².